The van der Waals surface area contributed by atoms with Gasteiger partial charge in [0.15, 0.2) is 0 Å². The van der Waals surface area contributed by atoms with Crippen LogP contribution in [0, 0.1) is 0 Å². The Hall–Kier alpha value is -1.59. The summed E-state index contributed by atoms with van der Waals surface area (Å²) in [6.07, 6.45) is 1.90. The van der Waals surface area contributed by atoms with Crippen molar-refractivity contribution in [3.05, 3.63) is 40.3 Å². The fourth-order valence-corrected chi connectivity index (χ4v) is 2.80. The lowest BCUT2D eigenvalue weighted by molar-refractivity contribution is 0.388. The molecule has 0 spiro atoms. The number of nitrogens with zero attached hydrogens (tertiary/aromatic N) is 1. The molecule has 5 heteroatoms. The maximum absolute atomic E-state index is 5.43. The number of methoxy groups -OCH3 is 2. The van der Waals surface area contributed by atoms with Crippen molar-refractivity contribution in [3.63, 3.8) is 0 Å². The van der Waals surface area contributed by atoms with Crippen molar-refractivity contribution in [1.29, 1.82) is 0 Å². The van der Waals surface area contributed by atoms with Crippen LogP contribution in [-0.4, -0.2) is 19.2 Å². The Morgan fingerprint density at radius 3 is 2.55 bits per heavy atom. The highest BCUT2D eigenvalue weighted by Crippen LogP contribution is 2.31. The largest absolute Gasteiger partial charge is 0.497 e. The Labute approximate surface area is 123 Å². The van der Waals surface area contributed by atoms with Crippen LogP contribution in [0.1, 0.15) is 36.4 Å². The van der Waals surface area contributed by atoms with Gasteiger partial charge in [0.05, 0.1) is 19.7 Å². The van der Waals surface area contributed by atoms with E-state index in [1.54, 1.807) is 25.6 Å². The Balaban J connectivity index is 2.17. The van der Waals surface area contributed by atoms with Gasteiger partial charge in [-0.2, -0.15) is 0 Å². The summed E-state index contributed by atoms with van der Waals surface area (Å²) in [5, 5.41) is 3.56. The summed E-state index contributed by atoms with van der Waals surface area (Å²) in [6, 6.07) is 6.24. The number of nitrogens with one attached hydrogen (secondary N) is 1. The Bertz CT molecular complexity index is 543. The van der Waals surface area contributed by atoms with Gasteiger partial charge < -0.3 is 14.8 Å². The van der Waals surface area contributed by atoms with Gasteiger partial charge in [0.25, 0.3) is 0 Å². The lowest BCUT2D eigenvalue weighted by atomic mass is 10.1. The van der Waals surface area contributed by atoms with Crippen molar-refractivity contribution >= 4 is 11.3 Å². The number of ether oxygens (including phenoxy) is 2. The Morgan fingerprint density at radius 2 is 1.95 bits per heavy atom. The van der Waals surface area contributed by atoms with Crippen molar-refractivity contribution in [1.82, 2.24) is 10.3 Å². The van der Waals surface area contributed by atoms with E-state index in [1.165, 1.54) is 4.88 Å². The monoisotopic (exact) mass is 292 g/mol. The van der Waals surface area contributed by atoms with E-state index in [1.807, 2.05) is 29.9 Å². The van der Waals surface area contributed by atoms with Gasteiger partial charge in [0.2, 0.25) is 0 Å². The summed E-state index contributed by atoms with van der Waals surface area (Å²) in [5.41, 5.74) is 2.94. The topological polar surface area (TPSA) is 43.4 Å². The summed E-state index contributed by atoms with van der Waals surface area (Å²) in [7, 11) is 3.36. The second-order valence-corrected chi connectivity index (χ2v) is 5.54. The van der Waals surface area contributed by atoms with Crippen molar-refractivity contribution in [2.75, 3.05) is 14.2 Å². The van der Waals surface area contributed by atoms with Crippen LogP contribution in [0.5, 0.6) is 11.5 Å². The van der Waals surface area contributed by atoms with Crippen LogP contribution in [-0.2, 0) is 0 Å². The van der Waals surface area contributed by atoms with E-state index in [-0.39, 0.29) is 12.1 Å². The normalized spacial score (nSPS) is 13.8. The van der Waals surface area contributed by atoms with Crippen LogP contribution in [0.25, 0.3) is 0 Å². The molecule has 0 radical (unpaired) electrons. The Morgan fingerprint density at radius 1 is 1.15 bits per heavy atom. The fourth-order valence-electron chi connectivity index (χ4n) is 2.16. The maximum Gasteiger partial charge on any atom is 0.123 e. The first-order chi connectivity index (χ1) is 9.65. The van der Waals surface area contributed by atoms with E-state index in [2.05, 4.69) is 24.1 Å². The molecule has 108 valence electrons. The molecule has 0 saturated carbocycles. The predicted molar refractivity (Wildman–Crippen MR) is 81.6 cm³/mol. The third-order valence-electron chi connectivity index (χ3n) is 3.28. The van der Waals surface area contributed by atoms with Crippen molar-refractivity contribution in [2.45, 2.75) is 25.9 Å². The summed E-state index contributed by atoms with van der Waals surface area (Å²) in [6.45, 7) is 4.26. The van der Waals surface area contributed by atoms with Gasteiger partial charge in [-0.3, -0.25) is 4.98 Å². The van der Waals surface area contributed by atoms with Crippen LogP contribution < -0.4 is 14.8 Å². The van der Waals surface area contributed by atoms with Crippen molar-refractivity contribution in [2.24, 2.45) is 0 Å². The third kappa shape index (κ3) is 3.29. The molecular weight excluding hydrogens is 272 g/mol. The van der Waals surface area contributed by atoms with Crippen molar-refractivity contribution < 1.29 is 9.47 Å². The SMILES string of the molecule is COc1ccc(OC)c(C(C)NC(C)c2cncs2)c1. The van der Waals surface area contributed by atoms with Gasteiger partial charge in [0.1, 0.15) is 11.5 Å². The number of aromatic nitrogens is 1. The minimum absolute atomic E-state index is 0.150. The molecule has 2 rings (SSSR count). The van der Waals surface area contributed by atoms with Gasteiger partial charge in [-0.05, 0) is 32.0 Å². The molecule has 0 aliphatic carbocycles. The zero-order chi connectivity index (χ0) is 14.5. The van der Waals surface area contributed by atoms with E-state index in [4.69, 9.17) is 9.47 Å². The highest BCUT2D eigenvalue weighted by atomic mass is 32.1. The van der Waals surface area contributed by atoms with Gasteiger partial charge >= 0.3 is 0 Å². The van der Waals surface area contributed by atoms with E-state index in [9.17, 15) is 0 Å². The Kier molecular flexibility index (Phi) is 4.98. The molecule has 2 aromatic rings. The molecule has 20 heavy (non-hydrogen) atoms. The maximum atomic E-state index is 5.43. The van der Waals surface area contributed by atoms with E-state index >= 15 is 0 Å². The number of thiazole rings is 1. The first-order valence-corrected chi connectivity index (χ1v) is 7.40. The molecule has 1 heterocycles. The zero-order valence-electron chi connectivity index (χ0n) is 12.2. The van der Waals surface area contributed by atoms with Crippen LogP contribution in [0.2, 0.25) is 0 Å². The highest BCUT2D eigenvalue weighted by Gasteiger charge is 2.16. The van der Waals surface area contributed by atoms with Crippen LogP contribution in [0.15, 0.2) is 29.9 Å². The number of hydrogen-bond donors (Lipinski definition) is 1. The lowest BCUT2D eigenvalue weighted by Gasteiger charge is -2.21. The number of rotatable bonds is 6. The van der Waals surface area contributed by atoms with Gasteiger partial charge in [-0.1, -0.05) is 0 Å². The van der Waals surface area contributed by atoms with Gasteiger partial charge in [-0.25, -0.2) is 0 Å². The molecule has 0 amide bonds. The van der Waals surface area contributed by atoms with Crippen molar-refractivity contribution in [3.8, 4) is 11.5 Å². The van der Waals surface area contributed by atoms with Crippen LogP contribution in [0.4, 0.5) is 0 Å². The molecule has 0 aliphatic heterocycles. The average Bonchev–Trinajstić information content (AvgIpc) is 3.00. The van der Waals surface area contributed by atoms with E-state index in [0.29, 0.717) is 0 Å². The standard InChI is InChI=1S/C15H20N2O2S/c1-10(17-11(2)15-8-16-9-20-15)13-7-12(18-3)5-6-14(13)19-4/h5-11,17H,1-4H3. The molecule has 1 aromatic heterocycles. The lowest BCUT2D eigenvalue weighted by Crippen LogP contribution is -2.22. The smallest absolute Gasteiger partial charge is 0.123 e. The molecule has 0 saturated heterocycles. The molecule has 0 fully saturated rings. The summed E-state index contributed by atoms with van der Waals surface area (Å²) in [5.74, 6) is 1.70. The fraction of sp³-hybridized carbons (Fsp3) is 0.400. The van der Waals surface area contributed by atoms with Crippen LogP contribution in [0.3, 0.4) is 0 Å². The summed E-state index contributed by atoms with van der Waals surface area (Å²) in [4.78, 5) is 5.34. The second kappa shape index (κ2) is 6.72. The van der Waals surface area contributed by atoms with E-state index in [0.717, 1.165) is 17.1 Å². The quantitative estimate of drug-likeness (QED) is 0.884. The third-order valence-corrected chi connectivity index (χ3v) is 4.24. The minimum atomic E-state index is 0.150. The molecule has 2 unspecified atom stereocenters. The first kappa shape index (κ1) is 14.8. The van der Waals surface area contributed by atoms with Gasteiger partial charge in [-0.15, -0.1) is 11.3 Å². The molecular formula is C15H20N2O2S. The summed E-state index contributed by atoms with van der Waals surface area (Å²) >= 11 is 1.66. The molecule has 2 atom stereocenters. The first-order valence-electron chi connectivity index (χ1n) is 6.52. The van der Waals surface area contributed by atoms with Gasteiger partial charge in [0, 0.05) is 28.7 Å². The average molecular weight is 292 g/mol. The molecule has 1 N–H and O–H groups in total. The van der Waals surface area contributed by atoms with E-state index < -0.39 is 0 Å². The highest BCUT2D eigenvalue weighted by molar-refractivity contribution is 7.09. The molecule has 1 aromatic carbocycles. The number of benzene rings is 1. The minimum Gasteiger partial charge on any atom is -0.497 e. The summed E-state index contributed by atoms with van der Waals surface area (Å²) < 4.78 is 10.7. The predicted octanol–water partition coefficient (Wildman–Crippen LogP) is 3.57. The van der Waals surface area contributed by atoms with Crippen LogP contribution >= 0.6 is 11.3 Å². The zero-order valence-corrected chi connectivity index (χ0v) is 13.0. The molecule has 0 aliphatic rings. The molecule has 0 bridgehead atoms. The second-order valence-electron chi connectivity index (χ2n) is 4.62. The molecule has 4 nitrogen and oxygen atoms in total. The number of hydrogen-bond acceptors (Lipinski definition) is 5.